The van der Waals surface area contributed by atoms with Crippen molar-refractivity contribution in [2.75, 3.05) is 0 Å². The van der Waals surface area contributed by atoms with Gasteiger partial charge in [0.1, 0.15) is 5.52 Å². The minimum Gasteiger partial charge on any atom is -0.315 e. The molecular weight excluding hydrogens is 308 g/mol. The summed E-state index contributed by atoms with van der Waals surface area (Å²) in [7, 11) is 4.04. The summed E-state index contributed by atoms with van der Waals surface area (Å²) >= 11 is 0. The second-order valence-corrected chi connectivity index (χ2v) is 5.99. The van der Waals surface area contributed by atoms with Crippen LogP contribution >= 0.6 is 0 Å². The molecule has 0 saturated heterocycles. The van der Waals surface area contributed by atoms with Crippen molar-refractivity contribution in [1.29, 1.82) is 0 Å². The van der Waals surface area contributed by atoms with Crippen LogP contribution in [0.15, 0.2) is 77.8 Å². The van der Waals surface area contributed by atoms with E-state index in [4.69, 9.17) is 0 Å². The zero-order valence-corrected chi connectivity index (χ0v) is 14.3. The second kappa shape index (κ2) is 6.27. The van der Waals surface area contributed by atoms with Crippen LogP contribution in [0, 0.1) is 0 Å². The molecule has 0 fully saturated rings. The number of rotatable bonds is 1. The summed E-state index contributed by atoms with van der Waals surface area (Å²) in [6.07, 6.45) is 1.62. The summed E-state index contributed by atoms with van der Waals surface area (Å²) in [4.78, 5) is 4.53. The highest BCUT2D eigenvalue weighted by molar-refractivity contribution is 5.79. The fourth-order valence-electron chi connectivity index (χ4n) is 3.07. The first-order valence-electron chi connectivity index (χ1n) is 8.23. The van der Waals surface area contributed by atoms with Gasteiger partial charge in [-0.25, -0.2) is 9.24 Å². The van der Waals surface area contributed by atoms with Crippen LogP contribution in [0.1, 0.15) is 0 Å². The van der Waals surface area contributed by atoms with Gasteiger partial charge in [-0.05, 0) is 35.7 Å². The van der Waals surface area contributed by atoms with Crippen molar-refractivity contribution in [3.8, 4) is 0 Å². The maximum Gasteiger partial charge on any atom is 0.316 e. The van der Waals surface area contributed by atoms with Gasteiger partial charge in [-0.15, -0.1) is 0 Å². The monoisotopic (exact) mass is 327 g/mol. The third-order valence-electron chi connectivity index (χ3n) is 4.49. The summed E-state index contributed by atoms with van der Waals surface area (Å²) in [6, 6.07) is 24.7. The lowest BCUT2D eigenvalue weighted by molar-refractivity contribution is 0.869. The average molecular weight is 327 g/mol. The van der Waals surface area contributed by atoms with Gasteiger partial charge >= 0.3 is 11.8 Å². The van der Waals surface area contributed by atoms with E-state index in [9.17, 15) is 0 Å². The SMILES string of the molecule is Cn1c(=NC=[N+]=c2ccc3ccccc3n2C)ccc2ccccc21. The Morgan fingerprint density at radius 3 is 2.04 bits per heavy atom. The summed E-state index contributed by atoms with van der Waals surface area (Å²) in [5.41, 5.74) is 4.03. The Labute approximate surface area is 145 Å². The lowest BCUT2D eigenvalue weighted by Gasteiger charge is -2.03. The quantitative estimate of drug-likeness (QED) is 0.292. The molecular formula is C21H19N4+. The van der Waals surface area contributed by atoms with E-state index in [1.807, 2.05) is 50.5 Å². The summed E-state index contributed by atoms with van der Waals surface area (Å²) in [5, 5.41) is 2.39. The van der Waals surface area contributed by atoms with Crippen LogP contribution in [-0.4, -0.2) is 15.5 Å². The Morgan fingerprint density at radius 1 is 0.720 bits per heavy atom. The third-order valence-corrected chi connectivity index (χ3v) is 4.49. The molecule has 0 unspecified atom stereocenters. The molecule has 0 spiro atoms. The van der Waals surface area contributed by atoms with Gasteiger partial charge in [-0.1, -0.05) is 41.4 Å². The highest BCUT2D eigenvalue weighted by Gasteiger charge is 2.01. The van der Waals surface area contributed by atoms with E-state index in [0.717, 1.165) is 22.0 Å². The molecule has 0 amide bonds. The number of para-hydroxylation sites is 2. The lowest BCUT2D eigenvalue weighted by Crippen LogP contribution is -2.21. The van der Waals surface area contributed by atoms with Gasteiger partial charge in [0.15, 0.2) is 0 Å². The molecule has 0 aliphatic carbocycles. The van der Waals surface area contributed by atoms with Crippen LogP contribution in [0.4, 0.5) is 0 Å². The molecule has 0 aliphatic rings. The van der Waals surface area contributed by atoms with Gasteiger partial charge in [0.2, 0.25) is 5.49 Å². The standard InChI is InChI=1S/C21H19N4/c1-24-18-9-5-3-7-16(18)11-13-20(24)22-15-23-21-14-12-17-8-4-6-10-19(17)25(21)2/h3-15H,1-2H3/q+1. The molecule has 0 saturated carbocycles. The molecule has 4 rings (SSSR count). The van der Waals surface area contributed by atoms with Crippen LogP contribution in [0.5, 0.6) is 0 Å². The topological polar surface area (TPSA) is 36.3 Å². The van der Waals surface area contributed by atoms with Crippen molar-refractivity contribution < 1.29 is 0 Å². The number of benzene rings is 2. The molecule has 4 aromatic rings. The number of fused-ring (bicyclic) bond motifs is 2. The summed E-state index contributed by atoms with van der Waals surface area (Å²) in [6.45, 7) is 0. The Hall–Kier alpha value is -3.36. The van der Waals surface area contributed by atoms with Gasteiger partial charge in [-0.3, -0.25) is 0 Å². The van der Waals surface area contributed by atoms with Gasteiger partial charge in [0, 0.05) is 18.5 Å². The summed E-state index contributed by atoms with van der Waals surface area (Å²) in [5.74, 6) is 0. The molecule has 2 heterocycles. The van der Waals surface area contributed by atoms with Crippen LogP contribution in [0.2, 0.25) is 0 Å². The zero-order valence-electron chi connectivity index (χ0n) is 14.3. The molecule has 0 aliphatic heterocycles. The number of aryl methyl sites for hydroxylation is 2. The van der Waals surface area contributed by atoms with Crippen LogP contribution in [-0.2, 0) is 14.1 Å². The number of hydrogen-bond donors (Lipinski definition) is 0. The van der Waals surface area contributed by atoms with Gasteiger partial charge in [-0.2, -0.15) is 0 Å². The molecule has 0 atom stereocenters. The van der Waals surface area contributed by atoms with Crippen molar-refractivity contribution in [3.63, 3.8) is 0 Å². The van der Waals surface area contributed by atoms with E-state index >= 15 is 0 Å². The zero-order chi connectivity index (χ0) is 17.2. The molecule has 0 N–H and O–H groups in total. The molecule has 4 nitrogen and oxygen atoms in total. The van der Waals surface area contributed by atoms with E-state index in [2.05, 4.69) is 55.2 Å². The van der Waals surface area contributed by atoms with Crippen molar-refractivity contribution in [2.24, 2.45) is 19.1 Å². The molecule has 2 aromatic carbocycles. The number of hydrogen-bond acceptors (Lipinski definition) is 0. The summed E-state index contributed by atoms with van der Waals surface area (Å²) < 4.78 is 8.67. The maximum absolute atomic E-state index is 4.53. The minimum absolute atomic E-state index is 0.867. The fraction of sp³-hybridized carbons (Fsp3) is 0.0952. The van der Waals surface area contributed by atoms with Gasteiger partial charge in [0.25, 0.3) is 0 Å². The number of nitrogens with zero attached hydrogens (tertiary/aromatic N) is 4. The van der Waals surface area contributed by atoms with Crippen molar-refractivity contribution in [1.82, 2.24) is 13.8 Å². The van der Waals surface area contributed by atoms with Crippen molar-refractivity contribution >= 4 is 28.1 Å². The Balaban J connectivity index is 1.88. The smallest absolute Gasteiger partial charge is 0.315 e. The van der Waals surface area contributed by atoms with Gasteiger partial charge in [0.05, 0.1) is 12.6 Å². The highest BCUT2D eigenvalue weighted by atomic mass is 15.0. The highest BCUT2D eigenvalue weighted by Crippen LogP contribution is 2.09. The molecule has 0 radical (unpaired) electrons. The second-order valence-electron chi connectivity index (χ2n) is 5.99. The number of pyridine rings is 2. The predicted molar refractivity (Wildman–Crippen MR) is 103 cm³/mol. The van der Waals surface area contributed by atoms with E-state index in [-0.39, 0.29) is 0 Å². The van der Waals surface area contributed by atoms with E-state index in [1.165, 1.54) is 10.8 Å². The first kappa shape index (κ1) is 15.2. The largest absolute Gasteiger partial charge is 0.316 e. The van der Waals surface area contributed by atoms with E-state index < -0.39 is 0 Å². The van der Waals surface area contributed by atoms with E-state index in [1.54, 1.807) is 6.34 Å². The molecule has 25 heavy (non-hydrogen) atoms. The van der Waals surface area contributed by atoms with E-state index in [0.29, 0.717) is 0 Å². The van der Waals surface area contributed by atoms with Crippen molar-refractivity contribution in [3.05, 3.63) is 83.8 Å². The molecule has 0 bridgehead atoms. The minimum atomic E-state index is 0.867. The van der Waals surface area contributed by atoms with Crippen molar-refractivity contribution in [2.45, 2.75) is 0 Å². The number of aromatic nitrogens is 2. The Kier molecular flexibility index (Phi) is 3.81. The average Bonchev–Trinajstić information content (AvgIpc) is 2.66. The fourth-order valence-corrected chi connectivity index (χ4v) is 3.07. The van der Waals surface area contributed by atoms with Gasteiger partial charge < -0.3 is 4.57 Å². The van der Waals surface area contributed by atoms with Crippen LogP contribution in [0.25, 0.3) is 21.8 Å². The predicted octanol–water partition coefficient (Wildman–Crippen LogP) is 2.27. The first-order chi connectivity index (χ1) is 12.2. The lowest BCUT2D eigenvalue weighted by atomic mass is 10.2. The normalized spacial score (nSPS) is 11.7. The van der Waals surface area contributed by atoms with Crippen LogP contribution in [0.3, 0.4) is 0 Å². The molecule has 2 aromatic heterocycles. The maximum atomic E-state index is 4.53. The molecule has 4 heteroatoms. The Bertz CT molecular complexity index is 1250. The third kappa shape index (κ3) is 2.80. The van der Waals surface area contributed by atoms with Crippen LogP contribution < -0.4 is 15.6 Å². The molecule has 122 valence electrons. The Morgan fingerprint density at radius 2 is 1.32 bits per heavy atom. The first-order valence-corrected chi connectivity index (χ1v) is 8.23.